The third-order valence-corrected chi connectivity index (χ3v) is 3.61. The van der Waals surface area contributed by atoms with Gasteiger partial charge in [-0.2, -0.15) is 0 Å². The maximum atomic E-state index is 12.0. The van der Waals surface area contributed by atoms with Gasteiger partial charge in [-0.3, -0.25) is 9.59 Å². The highest BCUT2D eigenvalue weighted by Crippen LogP contribution is 2.08. The number of piperidine rings is 1. The first-order chi connectivity index (χ1) is 9.65. The predicted octanol–water partition coefficient (Wildman–Crippen LogP) is 1.83. The molecule has 0 saturated carbocycles. The molecule has 0 radical (unpaired) electrons. The van der Waals surface area contributed by atoms with Crippen molar-refractivity contribution in [3.05, 3.63) is 35.4 Å². The van der Waals surface area contributed by atoms with Gasteiger partial charge in [0.1, 0.15) is 0 Å². The molecule has 1 aromatic carbocycles. The molecule has 2 rings (SSSR count). The summed E-state index contributed by atoms with van der Waals surface area (Å²) in [5, 5.41) is 6.24. The Balaban J connectivity index is 1.75. The molecule has 20 heavy (non-hydrogen) atoms. The molecule has 1 unspecified atom stereocenters. The normalized spacial score (nSPS) is 18.6. The summed E-state index contributed by atoms with van der Waals surface area (Å²) < 4.78 is 0. The summed E-state index contributed by atoms with van der Waals surface area (Å²) in [5.74, 6) is 0.00100. The fourth-order valence-electron chi connectivity index (χ4n) is 2.39. The first-order valence-electron chi connectivity index (χ1n) is 7.25. The summed E-state index contributed by atoms with van der Waals surface area (Å²) in [6, 6.07) is 7.69. The fourth-order valence-corrected chi connectivity index (χ4v) is 2.39. The molecule has 1 aromatic rings. The lowest BCUT2D eigenvalue weighted by Crippen LogP contribution is -2.45. The third-order valence-electron chi connectivity index (χ3n) is 3.61. The highest BCUT2D eigenvalue weighted by Gasteiger charge is 2.16. The lowest BCUT2D eigenvalue weighted by molar-refractivity contribution is -0.121. The zero-order valence-corrected chi connectivity index (χ0v) is 11.9. The quantitative estimate of drug-likeness (QED) is 0.805. The second-order valence-corrected chi connectivity index (χ2v) is 5.40. The van der Waals surface area contributed by atoms with Crippen molar-refractivity contribution in [1.82, 2.24) is 10.6 Å². The molecule has 1 saturated heterocycles. The van der Waals surface area contributed by atoms with Crippen LogP contribution in [0.15, 0.2) is 24.3 Å². The Labute approximate surface area is 119 Å². The number of Topliss-reactive ketones (excluding diaryl/α,β-unsaturated/α-hetero) is 1. The number of rotatable bonds is 5. The van der Waals surface area contributed by atoms with Gasteiger partial charge < -0.3 is 10.6 Å². The lowest BCUT2D eigenvalue weighted by atomic mass is 10.0. The molecule has 108 valence electrons. The minimum atomic E-state index is -0.0286. The summed E-state index contributed by atoms with van der Waals surface area (Å²) in [6.45, 7) is 3.84. The number of nitrogens with one attached hydrogen (secondary N) is 2. The van der Waals surface area contributed by atoms with Crippen molar-refractivity contribution in [3.63, 3.8) is 0 Å². The first-order valence-corrected chi connectivity index (χ1v) is 7.25. The molecule has 1 amide bonds. The van der Waals surface area contributed by atoms with Gasteiger partial charge in [-0.05, 0) is 26.3 Å². The van der Waals surface area contributed by atoms with Crippen molar-refractivity contribution >= 4 is 11.7 Å². The molecule has 1 heterocycles. The Hall–Kier alpha value is -1.68. The van der Waals surface area contributed by atoms with Crippen LogP contribution in [0.4, 0.5) is 0 Å². The number of hydrogen-bond donors (Lipinski definition) is 2. The highest BCUT2D eigenvalue weighted by atomic mass is 16.2. The molecule has 4 nitrogen and oxygen atoms in total. The Morgan fingerprint density at radius 2 is 2.00 bits per heavy atom. The zero-order chi connectivity index (χ0) is 14.4. The van der Waals surface area contributed by atoms with Gasteiger partial charge in [-0.1, -0.05) is 29.8 Å². The van der Waals surface area contributed by atoms with E-state index < -0.39 is 0 Å². The van der Waals surface area contributed by atoms with Gasteiger partial charge in [-0.15, -0.1) is 0 Å². The van der Waals surface area contributed by atoms with Crippen molar-refractivity contribution < 1.29 is 9.59 Å². The second kappa shape index (κ2) is 7.20. The van der Waals surface area contributed by atoms with E-state index in [2.05, 4.69) is 10.6 Å². The summed E-state index contributed by atoms with van der Waals surface area (Å²) in [4.78, 5) is 23.8. The van der Waals surface area contributed by atoms with Crippen molar-refractivity contribution in [2.24, 2.45) is 0 Å². The number of hydrogen-bond acceptors (Lipinski definition) is 3. The first kappa shape index (κ1) is 14.7. The Bertz CT molecular complexity index is 462. The average Bonchev–Trinajstić information content (AvgIpc) is 2.46. The van der Waals surface area contributed by atoms with Crippen LogP contribution in [-0.4, -0.2) is 30.8 Å². The van der Waals surface area contributed by atoms with Crippen LogP contribution in [-0.2, 0) is 4.79 Å². The molecule has 0 aliphatic carbocycles. The summed E-state index contributed by atoms with van der Waals surface area (Å²) in [6.07, 6.45) is 2.65. The second-order valence-electron chi connectivity index (χ2n) is 5.40. The molecular formula is C16H22N2O2. The monoisotopic (exact) mass is 274 g/mol. The third kappa shape index (κ3) is 4.46. The van der Waals surface area contributed by atoms with E-state index in [4.69, 9.17) is 0 Å². The molecule has 1 aliphatic heterocycles. The standard InChI is InChI=1S/C16H22N2O2/c1-12-4-6-13(7-5-12)15(19)8-9-16(20)18-14-3-2-10-17-11-14/h4-7,14,17H,2-3,8-11H2,1H3,(H,18,20). The summed E-state index contributed by atoms with van der Waals surface area (Å²) in [7, 11) is 0. The van der Waals surface area contributed by atoms with Crippen LogP contribution in [0.5, 0.6) is 0 Å². The Morgan fingerprint density at radius 1 is 1.25 bits per heavy atom. The summed E-state index contributed by atoms with van der Waals surface area (Å²) in [5.41, 5.74) is 1.81. The molecule has 4 heteroatoms. The number of carbonyl (C=O) groups is 2. The number of benzene rings is 1. The molecule has 0 aromatic heterocycles. The van der Waals surface area contributed by atoms with E-state index in [9.17, 15) is 9.59 Å². The number of carbonyl (C=O) groups excluding carboxylic acids is 2. The van der Waals surface area contributed by atoms with Crippen LogP contribution in [0.3, 0.4) is 0 Å². The van der Waals surface area contributed by atoms with Crippen LogP contribution in [0.1, 0.15) is 41.6 Å². The molecule has 1 fully saturated rings. The molecular weight excluding hydrogens is 252 g/mol. The number of aryl methyl sites for hydroxylation is 1. The highest BCUT2D eigenvalue weighted by molar-refractivity contribution is 5.97. The van der Waals surface area contributed by atoms with E-state index in [-0.39, 0.29) is 30.6 Å². The van der Waals surface area contributed by atoms with Gasteiger partial charge in [0.2, 0.25) is 5.91 Å². The fraction of sp³-hybridized carbons (Fsp3) is 0.500. The van der Waals surface area contributed by atoms with Crippen LogP contribution < -0.4 is 10.6 Å². The minimum absolute atomic E-state index is 0.0286. The maximum absolute atomic E-state index is 12.0. The van der Waals surface area contributed by atoms with Crippen molar-refractivity contribution in [2.45, 2.75) is 38.6 Å². The van der Waals surface area contributed by atoms with E-state index in [0.717, 1.165) is 31.5 Å². The number of ketones is 1. The Morgan fingerprint density at radius 3 is 2.65 bits per heavy atom. The molecule has 2 N–H and O–H groups in total. The van der Waals surface area contributed by atoms with Gasteiger partial charge in [0.25, 0.3) is 0 Å². The molecule has 1 atom stereocenters. The van der Waals surface area contributed by atoms with Gasteiger partial charge in [0, 0.05) is 31.0 Å². The van der Waals surface area contributed by atoms with Gasteiger partial charge >= 0.3 is 0 Å². The Kier molecular flexibility index (Phi) is 5.30. The SMILES string of the molecule is Cc1ccc(C(=O)CCC(=O)NC2CCCNC2)cc1. The van der Waals surface area contributed by atoms with Gasteiger partial charge in [0.15, 0.2) is 5.78 Å². The number of amides is 1. The smallest absolute Gasteiger partial charge is 0.220 e. The molecule has 0 spiro atoms. The average molecular weight is 274 g/mol. The van der Waals surface area contributed by atoms with Crippen LogP contribution in [0, 0.1) is 6.92 Å². The van der Waals surface area contributed by atoms with Gasteiger partial charge in [-0.25, -0.2) is 0 Å². The van der Waals surface area contributed by atoms with Crippen molar-refractivity contribution in [2.75, 3.05) is 13.1 Å². The van der Waals surface area contributed by atoms with E-state index in [1.54, 1.807) is 0 Å². The topological polar surface area (TPSA) is 58.2 Å². The zero-order valence-electron chi connectivity index (χ0n) is 11.9. The minimum Gasteiger partial charge on any atom is -0.352 e. The van der Waals surface area contributed by atoms with E-state index >= 15 is 0 Å². The van der Waals surface area contributed by atoms with E-state index in [0.29, 0.717) is 5.56 Å². The van der Waals surface area contributed by atoms with Crippen LogP contribution in [0.25, 0.3) is 0 Å². The molecule has 1 aliphatic rings. The largest absolute Gasteiger partial charge is 0.352 e. The maximum Gasteiger partial charge on any atom is 0.220 e. The van der Waals surface area contributed by atoms with Crippen molar-refractivity contribution in [3.8, 4) is 0 Å². The van der Waals surface area contributed by atoms with E-state index in [1.807, 2.05) is 31.2 Å². The van der Waals surface area contributed by atoms with E-state index in [1.165, 1.54) is 0 Å². The van der Waals surface area contributed by atoms with Crippen molar-refractivity contribution in [1.29, 1.82) is 0 Å². The molecule has 0 bridgehead atoms. The lowest BCUT2D eigenvalue weighted by Gasteiger charge is -2.23. The van der Waals surface area contributed by atoms with Gasteiger partial charge in [0.05, 0.1) is 0 Å². The predicted molar refractivity (Wildman–Crippen MR) is 78.8 cm³/mol. The summed E-state index contributed by atoms with van der Waals surface area (Å²) >= 11 is 0. The van der Waals surface area contributed by atoms with Crippen LogP contribution in [0.2, 0.25) is 0 Å². The van der Waals surface area contributed by atoms with Crippen LogP contribution >= 0.6 is 0 Å².